The molecule has 1 N–H and O–H groups in total. The van der Waals surface area contributed by atoms with Gasteiger partial charge in [0.2, 0.25) is 0 Å². The Morgan fingerprint density at radius 1 is 1.10 bits per heavy atom. The Hall–Kier alpha value is -1.26. The van der Waals surface area contributed by atoms with E-state index in [0.717, 1.165) is 31.1 Å². The molecule has 0 radical (unpaired) electrons. The van der Waals surface area contributed by atoms with Gasteiger partial charge in [0.1, 0.15) is 0 Å². The van der Waals surface area contributed by atoms with Crippen molar-refractivity contribution in [1.82, 2.24) is 10.2 Å². The van der Waals surface area contributed by atoms with E-state index in [4.69, 9.17) is 9.47 Å². The Kier molecular flexibility index (Phi) is 6.30. The molecule has 0 aliphatic heterocycles. The van der Waals surface area contributed by atoms with Crippen molar-refractivity contribution < 1.29 is 9.47 Å². The van der Waals surface area contributed by atoms with Gasteiger partial charge >= 0.3 is 0 Å². The van der Waals surface area contributed by atoms with Crippen LogP contribution in [0, 0.1) is 0 Å². The minimum absolute atomic E-state index is 0.171. The number of methoxy groups -OCH3 is 2. The Morgan fingerprint density at radius 3 is 2.30 bits per heavy atom. The van der Waals surface area contributed by atoms with Gasteiger partial charge in [0.25, 0.3) is 0 Å². The lowest BCUT2D eigenvalue weighted by Crippen LogP contribution is -2.40. The van der Waals surface area contributed by atoms with Crippen molar-refractivity contribution in [3.05, 3.63) is 23.8 Å². The first-order chi connectivity index (χ1) is 9.35. The summed E-state index contributed by atoms with van der Waals surface area (Å²) in [6, 6.07) is 6.07. The van der Waals surface area contributed by atoms with Gasteiger partial charge in [-0.15, -0.1) is 0 Å². The highest BCUT2D eigenvalue weighted by Crippen LogP contribution is 2.27. The van der Waals surface area contributed by atoms with Gasteiger partial charge in [-0.25, -0.2) is 0 Å². The van der Waals surface area contributed by atoms with Gasteiger partial charge in [0, 0.05) is 25.2 Å². The Morgan fingerprint density at radius 2 is 1.75 bits per heavy atom. The van der Waals surface area contributed by atoms with E-state index in [1.165, 1.54) is 5.56 Å². The highest BCUT2D eigenvalue weighted by Gasteiger charge is 2.09. The van der Waals surface area contributed by atoms with Crippen molar-refractivity contribution in [2.24, 2.45) is 0 Å². The van der Waals surface area contributed by atoms with Crippen LogP contribution in [0.3, 0.4) is 0 Å². The van der Waals surface area contributed by atoms with Crippen LogP contribution in [0.5, 0.6) is 11.5 Å². The van der Waals surface area contributed by atoms with Crippen molar-refractivity contribution in [2.75, 3.05) is 34.4 Å². The first-order valence-electron chi connectivity index (χ1n) is 7.00. The molecule has 1 aromatic carbocycles. The molecule has 4 nitrogen and oxygen atoms in total. The zero-order valence-corrected chi connectivity index (χ0v) is 13.6. The second-order valence-electron chi connectivity index (χ2n) is 6.10. The molecule has 1 aromatic rings. The van der Waals surface area contributed by atoms with E-state index < -0.39 is 0 Å². The monoisotopic (exact) mass is 280 g/mol. The fourth-order valence-corrected chi connectivity index (χ4v) is 1.99. The number of ether oxygens (including phenoxy) is 2. The van der Waals surface area contributed by atoms with Gasteiger partial charge in [-0.3, -0.25) is 0 Å². The number of hydrogen-bond donors (Lipinski definition) is 1. The summed E-state index contributed by atoms with van der Waals surface area (Å²) in [7, 11) is 5.45. The van der Waals surface area contributed by atoms with Gasteiger partial charge < -0.3 is 19.7 Å². The zero-order chi connectivity index (χ0) is 15.2. The van der Waals surface area contributed by atoms with Gasteiger partial charge in [-0.05, 0) is 45.5 Å². The standard InChI is InChI=1S/C16H28N2O2/c1-16(2,3)17-9-10-18(4)12-13-7-8-14(19-5)15(11-13)20-6/h7-8,11,17H,9-10,12H2,1-6H3. The quantitative estimate of drug-likeness (QED) is 0.832. The van der Waals surface area contributed by atoms with Crippen molar-refractivity contribution in [3.63, 3.8) is 0 Å². The Balaban J connectivity index is 2.51. The van der Waals surface area contributed by atoms with Crippen molar-refractivity contribution >= 4 is 0 Å². The van der Waals surface area contributed by atoms with Gasteiger partial charge in [0.05, 0.1) is 14.2 Å². The fraction of sp³-hybridized carbons (Fsp3) is 0.625. The van der Waals surface area contributed by atoms with Crippen LogP contribution in [-0.2, 0) is 6.54 Å². The minimum atomic E-state index is 0.171. The largest absolute Gasteiger partial charge is 0.493 e. The number of rotatable bonds is 7. The third-order valence-corrected chi connectivity index (χ3v) is 3.05. The highest BCUT2D eigenvalue weighted by atomic mass is 16.5. The predicted octanol–water partition coefficient (Wildman–Crippen LogP) is 2.52. The predicted molar refractivity (Wildman–Crippen MR) is 83.6 cm³/mol. The molecular weight excluding hydrogens is 252 g/mol. The lowest BCUT2D eigenvalue weighted by Gasteiger charge is -2.23. The molecule has 20 heavy (non-hydrogen) atoms. The molecule has 114 valence electrons. The lowest BCUT2D eigenvalue weighted by molar-refractivity contribution is 0.302. The van der Waals surface area contributed by atoms with Crippen LogP contribution >= 0.6 is 0 Å². The maximum Gasteiger partial charge on any atom is 0.161 e. The molecule has 0 heterocycles. The van der Waals surface area contributed by atoms with Crippen LogP contribution in [0.4, 0.5) is 0 Å². The summed E-state index contributed by atoms with van der Waals surface area (Å²) in [5, 5.41) is 3.49. The van der Waals surface area contributed by atoms with Crippen molar-refractivity contribution in [1.29, 1.82) is 0 Å². The minimum Gasteiger partial charge on any atom is -0.493 e. The molecule has 4 heteroatoms. The smallest absolute Gasteiger partial charge is 0.161 e. The van der Waals surface area contributed by atoms with Crippen molar-refractivity contribution in [2.45, 2.75) is 32.9 Å². The zero-order valence-electron chi connectivity index (χ0n) is 13.6. The van der Waals surface area contributed by atoms with E-state index in [1.807, 2.05) is 12.1 Å². The number of nitrogens with zero attached hydrogens (tertiary/aromatic N) is 1. The third-order valence-electron chi connectivity index (χ3n) is 3.05. The molecule has 0 bridgehead atoms. The summed E-state index contributed by atoms with van der Waals surface area (Å²) >= 11 is 0. The van der Waals surface area contributed by atoms with E-state index in [1.54, 1.807) is 14.2 Å². The molecule has 0 unspecified atom stereocenters. The maximum absolute atomic E-state index is 5.33. The van der Waals surface area contributed by atoms with Crippen molar-refractivity contribution in [3.8, 4) is 11.5 Å². The van der Waals surface area contributed by atoms with Crippen LogP contribution in [0.1, 0.15) is 26.3 Å². The summed E-state index contributed by atoms with van der Waals surface area (Å²) in [5.41, 5.74) is 1.39. The van der Waals surface area contributed by atoms with E-state index in [0.29, 0.717) is 0 Å². The SMILES string of the molecule is COc1ccc(CN(C)CCNC(C)(C)C)cc1OC. The van der Waals surface area contributed by atoms with Crippen LogP contribution in [0.2, 0.25) is 0 Å². The van der Waals surface area contributed by atoms with Gasteiger partial charge in [0.15, 0.2) is 11.5 Å². The highest BCUT2D eigenvalue weighted by molar-refractivity contribution is 5.42. The molecular formula is C16H28N2O2. The van der Waals surface area contributed by atoms with Crippen LogP contribution in [-0.4, -0.2) is 44.8 Å². The molecule has 0 aromatic heterocycles. The fourth-order valence-electron chi connectivity index (χ4n) is 1.99. The molecule has 0 aliphatic rings. The third kappa shape index (κ3) is 5.80. The molecule has 0 saturated heterocycles. The van der Waals surface area contributed by atoms with Crippen LogP contribution < -0.4 is 14.8 Å². The maximum atomic E-state index is 5.33. The number of benzene rings is 1. The molecule has 0 atom stereocenters. The van der Waals surface area contributed by atoms with E-state index in [9.17, 15) is 0 Å². The summed E-state index contributed by atoms with van der Waals surface area (Å²) in [4.78, 5) is 2.29. The molecule has 0 saturated carbocycles. The van der Waals surface area contributed by atoms with Crippen LogP contribution in [0.15, 0.2) is 18.2 Å². The first-order valence-corrected chi connectivity index (χ1v) is 7.00. The lowest BCUT2D eigenvalue weighted by atomic mass is 10.1. The molecule has 0 fully saturated rings. The number of nitrogens with one attached hydrogen (secondary N) is 1. The normalized spacial score (nSPS) is 11.8. The average molecular weight is 280 g/mol. The number of hydrogen-bond acceptors (Lipinski definition) is 4. The Labute approximate surface area is 123 Å². The molecule has 0 amide bonds. The number of likely N-dealkylation sites (N-methyl/N-ethyl adjacent to an activating group) is 1. The second-order valence-corrected chi connectivity index (χ2v) is 6.10. The first kappa shape index (κ1) is 16.8. The molecule has 0 spiro atoms. The summed E-state index contributed by atoms with van der Waals surface area (Å²) in [6.45, 7) is 9.43. The second kappa shape index (κ2) is 7.50. The van der Waals surface area contributed by atoms with E-state index in [-0.39, 0.29) is 5.54 Å². The van der Waals surface area contributed by atoms with E-state index in [2.05, 4.69) is 44.1 Å². The van der Waals surface area contributed by atoms with Gasteiger partial charge in [-0.2, -0.15) is 0 Å². The Bertz CT molecular complexity index is 413. The molecule has 1 rings (SSSR count). The summed E-state index contributed by atoms with van der Waals surface area (Å²) in [5.74, 6) is 1.56. The van der Waals surface area contributed by atoms with Crippen LogP contribution in [0.25, 0.3) is 0 Å². The summed E-state index contributed by atoms with van der Waals surface area (Å²) in [6.07, 6.45) is 0. The molecule has 0 aliphatic carbocycles. The summed E-state index contributed by atoms with van der Waals surface area (Å²) < 4.78 is 10.6. The van der Waals surface area contributed by atoms with E-state index >= 15 is 0 Å². The van der Waals surface area contributed by atoms with Gasteiger partial charge in [-0.1, -0.05) is 6.07 Å². The average Bonchev–Trinajstić information content (AvgIpc) is 2.37. The topological polar surface area (TPSA) is 33.7 Å².